The fourth-order valence-corrected chi connectivity index (χ4v) is 0.655. The molecule has 0 aromatic carbocycles. The van der Waals surface area contributed by atoms with Crippen LogP contribution in [0.3, 0.4) is 0 Å². The zero-order chi connectivity index (χ0) is 7.49. The fraction of sp³-hybridized carbons (Fsp3) is 1.00. The van der Waals surface area contributed by atoms with E-state index in [0.717, 1.165) is 0 Å². The summed E-state index contributed by atoms with van der Waals surface area (Å²) in [5.74, 6) is 0. The van der Waals surface area contributed by atoms with Crippen molar-refractivity contribution in [2.75, 3.05) is 6.54 Å². The Morgan fingerprint density at radius 2 is 2.22 bits per heavy atom. The highest BCUT2D eigenvalue weighted by Gasteiger charge is 2.15. The topological polar surface area (TPSA) is 75.4 Å². The van der Waals surface area contributed by atoms with Crippen LogP contribution in [0.2, 0.25) is 0 Å². The van der Waals surface area contributed by atoms with Crippen LogP contribution < -0.4 is 5.73 Å². The van der Waals surface area contributed by atoms with Gasteiger partial charge in [-0.3, -0.25) is 4.18 Å². The van der Waals surface area contributed by atoms with Gasteiger partial charge in [-0.05, 0) is 13.8 Å². The van der Waals surface area contributed by atoms with Gasteiger partial charge >= 0.3 is 0 Å². The molecule has 0 fully saturated rings. The zero-order valence-corrected chi connectivity index (χ0v) is 6.23. The van der Waals surface area contributed by atoms with Crippen LogP contribution in [-0.4, -0.2) is 20.9 Å². The Hall–Kier alpha value is 0.0300. The van der Waals surface area contributed by atoms with Crippen molar-refractivity contribution in [3.8, 4) is 0 Å². The molecule has 1 atom stereocenters. The Morgan fingerprint density at radius 1 is 1.78 bits per heavy atom. The quantitative estimate of drug-likeness (QED) is 0.555. The molecule has 0 aliphatic carbocycles. The molecular formula is C4H10NO3S-. The third kappa shape index (κ3) is 4.53. The monoisotopic (exact) mass is 152 g/mol. The van der Waals surface area contributed by atoms with E-state index in [1.54, 1.807) is 13.8 Å². The molecule has 0 spiro atoms. The third-order valence-corrected chi connectivity index (χ3v) is 1.37. The van der Waals surface area contributed by atoms with Crippen molar-refractivity contribution in [1.82, 2.24) is 0 Å². The Morgan fingerprint density at radius 3 is 2.33 bits per heavy atom. The van der Waals surface area contributed by atoms with E-state index in [1.165, 1.54) is 0 Å². The first-order chi connectivity index (χ1) is 3.98. The van der Waals surface area contributed by atoms with Crippen molar-refractivity contribution < 1.29 is 12.9 Å². The van der Waals surface area contributed by atoms with Crippen LogP contribution in [0.4, 0.5) is 0 Å². The van der Waals surface area contributed by atoms with Gasteiger partial charge < -0.3 is 10.3 Å². The average Bonchev–Trinajstić information content (AvgIpc) is 1.63. The summed E-state index contributed by atoms with van der Waals surface area (Å²) >= 11 is -2.46. The van der Waals surface area contributed by atoms with Crippen molar-refractivity contribution in [3.05, 3.63) is 0 Å². The van der Waals surface area contributed by atoms with E-state index in [-0.39, 0.29) is 6.54 Å². The minimum Gasteiger partial charge on any atom is -0.750 e. The average molecular weight is 152 g/mol. The van der Waals surface area contributed by atoms with Crippen LogP contribution in [0, 0.1) is 0 Å². The summed E-state index contributed by atoms with van der Waals surface area (Å²) < 4.78 is 24.2. The molecule has 0 heterocycles. The molecule has 0 aromatic heterocycles. The fourth-order valence-electron chi connectivity index (χ4n) is 0.218. The molecule has 0 aliphatic heterocycles. The van der Waals surface area contributed by atoms with Gasteiger partial charge in [0.2, 0.25) is 0 Å². The minimum atomic E-state index is -2.46. The Bertz CT molecular complexity index is 114. The maximum absolute atomic E-state index is 9.90. The lowest BCUT2D eigenvalue weighted by atomic mass is 10.1. The van der Waals surface area contributed by atoms with E-state index in [9.17, 15) is 8.76 Å². The molecule has 0 aliphatic rings. The zero-order valence-electron chi connectivity index (χ0n) is 5.42. The van der Waals surface area contributed by atoms with Crippen molar-refractivity contribution in [2.45, 2.75) is 19.4 Å². The highest BCUT2D eigenvalue weighted by atomic mass is 32.2. The van der Waals surface area contributed by atoms with Gasteiger partial charge in [-0.25, -0.2) is 4.21 Å². The van der Waals surface area contributed by atoms with Gasteiger partial charge in [-0.1, -0.05) is 0 Å². The molecule has 0 rings (SSSR count). The normalized spacial score (nSPS) is 15.6. The van der Waals surface area contributed by atoms with Gasteiger partial charge in [0, 0.05) is 6.54 Å². The van der Waals surface area contributed by atoms with E-state index < -0.39 is 17.0 Å². The number of hydrogen-bond donors (Lipinski definition) is 1. The van der Waals surface area contributed by atoms with Crippen LogP contribution in [0.15, 0.2) is 0 Å². The van der Waals surface area contributed by atoms with E-state index in [2.05, 4.69) is 4.18 Å². The van der Waals surface area contributed by atoms with Crippen molar-refractivity contribution in [1.29, 1.82) is 0 Å². The van der Waals surface area contributed by atoms with Gasteiger partial charge in [0.1, 0.15) is 0 Å². The smallest absolute Gasteiger partial charge is 0.0909 e. The second-order valence-corrected chi connectivity index (χ2v) is 2.83. The first-order valence-electron chi connectivity index (χ1n) is 2.47. The minimum absolute atomic E-state index is 0.182. The molecular weight excluding hydrogens is 142 g/mol. The number of rotatable bonds is 3. The molecule has 5 heteroatoms. The maximum atomic E-state index is 9.90. The summed E-state index contributed by atoms with van der Waals surface area (Å²) in [7, 11) is 0. The number of nitrogens with two attached hydrogens (primary N) is 1. The molecule has 0 bridgehead atoms. The summed E-state index contributed by atoms with van der Waals surface area (Å²) in [6, 6.07) is 0. The molecule has 9 heavy (non-hydrogen) atoms. The van der Waals surface area contributed by atoms with Crippen LogP contribution in [-0.2, 0) is 15.5 Å². The SMILES string of the molecule is CC(C)(CN)OS(=O)[O-]. The van der Waals surface area contributed by atoms with Crippen molar-refractivity contribution >= 4 is 11.4 Å². The lowest BCUT2D eigenvalue weighted by Crippen LogP contribution is -2.34. The molecule has 0 saturated heterocycles. The van der Waals surface area contributed by atoms with Gasteiger partial charge in [0.05, 0.1) is 17.0 Å². The van der Waals surface area contributed by atoms with Crippen molar-refractivity contribution in [2.24, 2.45) is 5.73 Å². The summed E-state index contributed by atoms with van der Waals surface area (Å²) in [6.45, 7) is 3.38. The second-order valence-electron chi connectivity index (χ2n) is 2.25. The van der Waals surface area contributed by atoms with Crippen LogP contribution in [0.5, 0.6) is 0 Å². The molecule has 4 nitrogen and oxygen atoms in total. The molecule has 2 N–H and O–H groups in total. The van der Waals surface area contributed by atoms with E-state index in [0.29, 0.717) is 0 Å². The lowest BCUT2D eigenvalue weighted by Gasteiger charge is -2.23. The van der Waals surface area contributed by atoms with Crippen LogP contribution >= 0.6 is 0 Å². The Balaban J connectivity index is 3.71. The molecule has 0 aromatic rings. The maximum Gasteiger partial charge on any atom is 0.0909 e. The molecule has 1 unspecified atom stereocenters. The van der Waals surface area contributed by atoms with Gasteiger partial charge in [0.15, 0.2) is 0 Å². The number of hydrogen-bond acceptors (Lipinski definition) is 4. The molecule has 0 saturated carbocycles. The van der Waals surface area contributed by atoms with Gasteiger partial charge in [-0.15, -0.1) is 0 Å². The highest BCUT2D eigenvalue weighted by molar-refractivity contribution is 7.74. The predicted molar refractivity (Wildman–Crippen MR) is 33.1 cm³/mol. The molecule has 0 amide bonds. The standard InChI is InChI=1S/C4H11NO3S/c1-4(2,3-5)8-9(6)7/h3,5H2,1-2H3,(H,6,7)/p-1. The van der Waals surface area contributed by atoms with E-state index in [4.69, 9.17) is 5.73 Å². The summed E-state index contributed by atoms with van der Waals surface area (Å²) in [4.78, 5) is 0. The predicted octanol–water partition coefficient (Wildman–Crippen LogP) is -0.466. The third-order valence-electron chi connectivity index (χ3n) is 0.785. The Kier molecular flexibility index (Phi) is 3.27. The van der Waals surface area contributed by atoms with Gasteiger partial charge in [0.25, 0.3) is 0 Å². The molecule has 0 radical (unpaired) electrons. The van der Waals surface area contributed by atoms with E-state index >= 15 is 0 Å². The van der Waals surface area contributed by atoms with E-state index in [1.807, 2.05) is 0 Å². The Labute approximate surface area is 56.9 Å². The van der Waals surface area contributed by atoms with Crippen LogP contribution in [0.1, 0.15) is 13.8 Å². The first kappa shape index (κ1) is 9.03. The highest BCUT2D eigenvalue weighted by Crippen LogP contribution is 2.06. The van der Waals surface area contributed by atoms with Crippen LogP contribution in [0.25, 0.3) is 0 Å². The first-order valence-corrected chi connectivity index (χ1v) is 3.47. The van der Waals surface area contributed by atoms with Gasteiger partial charge in [-0.2, -0.15) is 0 Å². The molecule has 56 valence electrons. The summed E-state index contributed by atoms with van der Waals surface area (Å²) in [6.07, 6.45) is 0. The second kappa shape index (κ2) is 3.26. The largest absolute Gasteiger partial charge is 0.750 e. The lowest BCUT2D eigenvalue weighted by molar-refractivity contribution is 0.122. The van der Waals surface area contributed by atoms with Crippen molar-refractivity contribution in [3.63, 3.8) is 0 Å². The summed E-state index contributed by atoms with van der Waals surface area (Å²) in [5, 5.41) is 0. The summed E-state index contributed by atoms with van der Waals surface area (Å²) in [5.41, 5.74) is 4.39.